The zero-order chi connectivity index (χ0) is 20.9. The van der Waals surface area contributed by atoms with Crippen LogP contribution in [0.15, 0.2) is 23.8 Å². The summed E-state index contributed by atoms with van der Waals surface area (Å²) in [6.45, 7) is 5.48. The molecule has 28 heavy (non-hydrogen) atoms. The van der Waals surface area contributed by atoms with Crippen molar-refractivity contribution in [2.45, 2.75) is 64.8 Å². The fourth-order valence-electron chi connectivity index (χ4n) is 6.36. The number of Topliss-reactive ketones (excluding diaryl/α,β-unsaturated/α-hetero) is 1. The van der Waals surface area contributed by atoms with Crippen molar-refractivity contribution in [3.8, 4) is 0 Å². The molecule has 0 radical (unpaired) electrons. The van der Waals surface area contributed by atoms with Gasteiger partial charge >= 0.3 is 0 Å². The van der Waals surface area contributed by atoms with Crippen molar-refractivity contribution in [3.05, 3.63) is 23.8 Å². The Morgan fingerprint density at radius 1 is 1.43 bits per heavy atom. The molecule has 156 valence electrons. The van der Waals surface area contributed by atoms with Crippen LogP contribution in [0.3, 0.4) is 0 Å². The van der Waals surface area contributed by atoms with E-state index in [1.54, 1.807) is 6.08 Å². The number of hydrogen-bond acceptors (Lipinski definition) is 5. The van der Waals surface area contributed by atoms with Gasteiger partial charge < -0.3 is 15.9 Å². The van der Waals surface area contributed by atoms with E-state index in [4.69, 9.17) is 5.73 Å². The van der Waals surface area contributed by atoms with Crippen LogP contribution in [0.5, 0.6) is 0 Å². The highest BCUT2D eigenvalue weighted by atomic mass is 19.1. The number of allylic oxidation sites excluding steroid dienone is 4. The van der Waals surface area contributed by atoms with Crippen LogP contribution < -0.4 is 5.73 Å². The van der Waals surface area contributed by atoms with E-state index in [-0.39, 0.29) is 42.9 Å². The van der Waals surface area contributed by atoms with E-state index in [1.807, 2.05) is 20.8 Å². The van der Waals surface area contributed by atoms with E-state index in [2.05, 4.69) is 0 Å². The summed E-state index contributed by atoms with van der Waals surface area (Å²) in [7, 11) is 0. The molecule has 0 bridgehead atoms. The van der Waals surface area contributed by atoms with Gasteiger partial charge in [-0.1, -0.05) is 33.3 Å². The number of carbonyl (C=O) groups excluding carboxylic acids is 2. The number of nitrogens with two attached hydrogens (primary N) is 1. The number of aliphatic hydroxyl groups excluding tert-OH is 2. The Balaban J connectivity index is 2.07. The minimum absolute atomic E-state index is 0.126. The van der Waals surface area contributed by atoms with Crippen molar-refractivity contribution in [3.63, 3.8) is 0 Å². The summed E-state index contributed by atoms with van der Waals surface area (Å²) >= 11 is 0. The van der Waals surface area contributed by atoms with Crippen LogP contribution in [0.2, 0.25) is 0 Å². The van der Waals surface area contributed by atoms with Gasteiger partial charge in [0.1, 0.15) is 12.3 Å². The first-order valence-corrected chi connectivity index (χ1v) is 10.3. The molecule has 0 heterocycles. The molecule has 4 N–H and O–H groups in total. The minimum Gasteiger partial charge on any atom is -0.393 e. The fraction of sp³-hybridized carbons (Fsp3) is 0.727. The molecule has 8 atom stereocenters. The third-order valence-corrected chi connectivity index (χ3v) is 7.64. The highest BCUT2D eigenvalue weighted by Crippen LogP contribution is 2.62. The van der Waals surface area contributed by atoms with E-state index in [0.717, 1.165) is 12.8 Å². The summed E-state index contributed by atoms with van der Waals surface area (Å²) in [6, 6.07) is 0. The molecule has 0 aromatic carbocycles. The van der Waals surface area contributed by atoms with Crippen molar-refractivity contribution in [1.82, 2.24) is 0 Å². The lowest BCUT2D eigenvalue weighted by Gasteiger charge is -2.60. The number of ketones is 2. The maximum Gasteiger partial charge on any atom is 0.178 e. The van der Waals surface area contributed by atoms with Crippen LogP contribution in [-0.4, -0.2) is 46.7 Å². The molecule has 0 amide bonds. The highest BCUT2D eigenvalue weighted by Gasteiger charge is 2.61. The average Bonchev–Trinajstić information content (AvgIpc) is 2.64. The summed E-state index contributed by atoms with van der Waals surface area (Å²) in [5.74, 6) is -1.27. The molecule has 3 unspecified atom stereocenters. The standard InChI is InChI=1S/C22H32FNO4/c1-4-5-14-13-9-16(23)15-8-12(25)6-7-21(15,2)19(13)17(26)10-22(14,3)20(28)18(27)11-24/h6-8,13-14,16-17,19-20,26,28H,4-5,9-11,24H2,1-3H3/t13-,14?,16-,17-,19?,20?,21-,22-/m0/s1. The van der Waals surface area contributed by atoms with Gasteiger partial charge in [0, 0.05) is 16.7 Å². The smallest absolute Gasteiger partial charge is 0.178 e. The lowest BCUT2D eigenvalue weighted by molar-refractivity contribution is -0.169. The lowest BCUT2D eigenvalue weighted by atomic mass is 9.45. The molecule has 3 aliphatic rings. The van der Waals surface area contributed by atoms with Crippen molar-refractivity contribution in [1.29, 1.82) is 0 Å². The van der Waals surface area contributed by atoms with Crippen LogP contribution in [0, 0.1) is 28.6 Å². The number of halogens is 1. The lowest BCUT2D eigenvalue weighted by Crippen LogP contribution is -2.61. The van der Waals surface area contributed by atoms with Gasteiger partial charge in [0.05, 0.1) is 12.6 Å². The van der Waals surface area contributed by atoms with Crippen molar-refractivity contribution in [2.75, 3.05) is 6.54 Å². The number of aliphatic hydroxyl groups is 2. The highest BCUT2D eigenvalue weighted by molar-refractivity contribution is 6.01. The molecule has 3 rings (SSSR count). The second-order valence-corrected chi connectivity index (χ2v) is 9.26. The number of alkyl halides is 1. The third kappa shape index (κ3) is 3.10. The van der Waals surface area contributed by atoms with Crippen LogP contribution in [0.1, 0.15) is 46.5 Å². The first-order chi connectivity index (χ1) is 13.1. The number of rotatable bonds is 5. The maximum atomic E-state index is 15.2. The minimum atomic E-state index is -1.28. The van der Waals surface area contributed by atoms with Gasteiger partial charge in [0.25, 0.3) is 0 Å². The Morgan fingerprint density at radius 2 is 2.11 bits per heavy atom. The molecule has 5 nitrogen and oxygen atoms in total. The summed E-state index contributed by atoms with van der Waals surface area (Å²) in [6.07, 6.45) is 3.18. The van der Waals surface area contributed by atoms with E-state index < -0.39 is 35.0 Å². The van der Waals surface area contributed by atoms with Crippen molar-refractivity contribution in [2.24, 2.45) is 34.3 Å². The fourth-order valence-corrected chi connectivity index (χ4v) is 6.36. The molecular formula is C22H32FNO4. The molecular weight excluding hydrogens is 361 g/mol. The van der Waals surface area contributed by atoms with Crippen LogP contribution in [0.25, 0.3) is 0 Å². The second-order valence-electron chi connectivity index (χ2n) is 9.26. The quantitative estimate of drug-likeness (QED) is 0.664. The van der Waals surface area contributed by atoms with E-state index in [0.29, 0.717) is 5.57 Å². The summed E-state index contributed by atoms with van der Waals surface area (Å²) in [5.41, 5.74) is 4.32. The number of hydrogen-bond donors (Lipinski definition) is 3. The Morgan fingerprint density at radius 3 is 2.71 bits per heavy atom. The van der Waals surface area contributed by atoms with Gasteiger partial charge in [0.15, 0.2) is 11.6 Å². The molecule has 0 spiro atoms. The molecule has 3 aliphatic carbocycles. The molecule has 0 aromatic rings. The molecule has 6 heteroatoms. The summed E-state index contributed by atoms with van der Waals surface area (Å²) in [4.78, 5) is 24.1. The van der Waals surface area contributed by atoms with Crippen LogP contribution in [0.4, 0.5) is 4.39 Å². The van der Waals surface area contributed by atoms with Gasteiger partial charge in [-0.2, -0.15) is 0 Å². The van der Waals surface area contributed by atoms with Crippen molar-refractivity contribution < 1.29 is 24.2 Å². The Hall–Kier alpha value is -1.37. The molecule has 2 fully saturated rings. The first kappa shape index (κ1) is 21.3. The number of carbonyl (C=O) groups is 2. The predicted molar refractivity (Wildman–Crippen MR) is 104 cm³/mol. The average molecular weight is 393 g/mol. The van der Waals surface area contributed by atoms with Gasteiger partial charge in [-0.15, -0.1) is 0 Å². The van der Waals surface area contributed by atoms with Gasteiger partial charge in [0.2, 0.25) is 0 Å². The topological polar surface area (TPSA) is 101 Å². The Bertz CT molecular complexity index is 719. The van der Waals surface area contributed by atoms with Crippen LogP contribution >= 0.6 is 0 Å². The van der Waals surface area contributed by atoms with Crippen molar-refractivity contribution >= 4 is 11.6 Å². The SMILES string of the molecule is CCCC1[C@@H]2C[C@H](F)C3=CC(=O)C=C[C@]3(C)C2[C@@H](O)C[C@]1(C)C(O)C(=O)CN. The maximum absolute atomic E-state index is 15.2. The molecule has 0 aromatic heterocycles. The molecule has 0 saturated heterocycles. The van der Waals surface area contributed by atoms with Gasteiger partial charge in [-0.25, -0.2) is 4.39 Å². The second kappa shape index (κ2) is 7.47. The van der Waals surface area contributed by atoms with E-state index in [9.17, 15) is 19.8 Å². The zero-order valence-electron chi connectivity index (χ0n) is 16.9. The molecule has 0 aliphatic heterocycles. The Labute approximate surface area is 165 Å². The largest absolute Gasteiger partial charge is 0.393 e. The summed E-state index contributed by atoms with van der Waals surface area (Å²) in [5, 5.41) is 22.0. The van der Waals surface area contributed by atoms with Gasteiger partial charge in [-0.05, 0) is 48.8 Å². The summed E-state index contributed by atoms with van der Waals surface area (Å²) < 4.78 is 15.2. The monoisotopic (exact) mass is 393 g/mol. The first-order valence-electron chi connectivity index (χ1n) is 10.3. The zero-order valence-corrected chi connectivity index (χ0v) is 16.9. The van der Waals surface area contributed by atoms with E-state index >= 15 is 4.39 Å². The van der Waals surface area contributed by atoms with Crippen LogP contribution in [-0.2, 0) is 9.59 Å². The predicted octanol–water partition coefficient (Wildman–Crippen LogP) is 2.11. The van der Waals surface area contributed by atoms with E-state index in [1.165, 1.54) is 12.2 Å². The normalized spacial score (nSPS) is 43.8. The molecule has 2 saturated carbocycles. The number of fused-ring (bicyclic) bond motifs is 3. The third-order valence-electron chi connectivity index (χ3n) is 7.64. The Kier molecular flexibility index (Phi) is 5.69. The van der Waals surface area contributed by atoms with Gasteiger partial charge in [-0.3, -0.25) is 9.59 Å².